The summed E-state index contributed by atoms with van der Waals surface area (Å²) >= 11 is 0. The average Bonchev–Trinajstić information content (AvgIpc) is 2.64. The van der Waals surface area contributed by atoms with Gasteiger partial charge >= 0.3 is 0 Å². The topological polar surface area (TPSA) is 57.8 Å². The molecule has 1 heterocycles. The number of H-pyrrole nitrogens is 1. The van der Waals surface area contributed by atoms with Gasteiger partial charge in [-0.15, -0.1) is 0 Å². The first-order valence-electron chi connectivity index (χ1n) is 5.53. The SMILES string of the molecule is CC(NC(=O)CC1CCC1)c1cn[nH]c1. The van der Waals surface area contributed by atoms with Crippen LogP contribution in [0.3, 0.4) is 0 Å². The third kappa shape index (κ3) is 2.58. The summed E-state index contributed by atoms with van der Waals surface area (Å²) < 4.78 is 0. The highest BCUT2D eigenvalue weighted by Crippen LogP contribution is 2.29. The van der Waals surface area contributed by atoms with Gasteiger partial charge in [-0.1, -0.05) is 6.42 Å². The Morgan fingerprint density at radius 1 is 1.73 bits per heavy atom. The smallest absolute Gasteiger partial charge is 0.220 e. The number of aromatic nitrogens is 2. The van der Waals surface area contributed by atoms with Gasteiger partial charge in [-0.3, -0.25) is 9.89 Å². The monoisotopic (exact) mass is 207 g/mol. The molecule has 0 aromatic carbocycles. The highest BCUT2D eigenvalue weighted by atomic mass is 16.1. The Kier molecular flexibility index (Phi) is 3.04. The number of hydrogen-bond acceptors (Lipinski definition) is 2. The van der Waals surface area contributed by atoms with Crippen LogP contribution < -0.4 is 5.32 Å². The van der Waals surface area contributed by atoms with Crippen molar-refractivity contribution in [1.82, 2.24) is 15.5 Å². The zero-order valence-electron chi connectivity index (χ0n) is 8.99. The van der Waals surface area contributed by atoms with Crippen LogP contribution in [-0.2, 0) is 4.79 Å². The molecule has 82 valence electrons. The minimum atomic E-state index is 0.0522. The molecule has 1 aliphatic rings. The Hall–Kier alpha value is -1.32. The van der Waals surface area contributed by atoms with Crippen LogP contribution in [0.5, 0.6) is 0 Å². The zero-order chi connectivity index (χ0) is 10.7. The van der Waals surface area contributed by atoms with E-state index in [1.165, 1.54) is 19.3 Å². The second kappa shape index (κ2) is 4.47. The third-order valence-electron chi connectivity index (χ3n) is 3.10. The lowest BCUT2D eigenvalue weighted by Crippen LogP contribution is -2.29. The van der Waals surface area contributed by atoms with Gasteiger partial charge in [-0.25, -0.2) is 0 Å². The highest BCUT2D eigenvalue weighted by molar-refractivity contribution is 5.76. The fourth-order valence-electron chi connectivity index (χ4n) is 1.84. The van der Waals surface area contributed by atoms with Crippen molar-refractivity contribution in [2.24, 2.45) is 5.92 Å². The number of aromatic amines is 1. The molecule has 4 heteroatoms. The predicted octanol–water partition coefficient (Wildman–Crippen LogP) is 1.78. The van der Waals surface area contributed by atoms with E-state index in [-0.39, 0.29) is 11.9 Å². The van der Waals surface area contributed by atoms with Gasteiger partial charge in [-0.05, 0) is 25.7 Å². The molecule has 1 saturated carbocycles. The summed E-state index contributed by atoms with van der Waals surface area (Å²) in [7, 11) is 0. The van der Waals surface area contributed by atoms with Gasteiger partial charge in [0, 0.05) is 18.2 Å². The quantitative estimate of drug-likeness (QED) is 0.790. The molecule has 1 fully saturated rings. The van der Waals surface area contributed by atoms with Gasteiger partial charge < -0.3 is 5.32 Å². The predicted molar refractivity (Wildman–Crippen MR) is 57.1 cm³/mol. The number of amides is 1. The van der Waals surface area contributed by atoms with E-state index in [9.17, 15) is 4.79 Å². The number of hydrogen-bond donors (Lipinski definition) is 2. The second-order valence-corrected chi connectivity index (χ2v) is 4.32. The summed E-state index contributed by atoms with van der Waals surface area (Å²) in [5.74, 6) is 0.787. The van der Waals surface area contributed by atoms with Crippen molar-refractivity contribution in [3.63, 3.8) is 0 Å². The Morgan fingerprint density at radius 3 is 3.07 bits per heavy atom. The Balaban J connectivity index is 1.78. The molecule has 0 saturated heterocycles. The van der Waals surface area contributed by atoms with E-state index in [1.54, 1.807) is 6.20 Å². The fraction of sp³-hybridized carbons (Fsp3) is 0.636. The van der Waals surface area contributed by atoms with Gasteiger partial charge in [0.2, 0.25) is 5.91 Å². The molecule has 15 heavy (non-hydrogen) atoms. The summed E-state index contributed by atoms with van der Waals surface area (Å²) in [6, 6.07) is 0.0522. The van der Waals surface area contributed by atoms with Gasteiger partial charge in [0.25, 0.3) is 0 Å². The van der Waals surface area contributed by atoms with Crippen LogP contribution in [0, 0.1) is 5.92 Å². The summed E-state index contributed by atoms with van der Waals surface area (Å²) in [5.41, 5.74) is 1.02. The third-order valence-corrected chi connectivity index (χ3v) is 3.10. The summed E-state index contributed by atoms with van der Waals surface area (Å²) in [5, 5.41) is 9.59. The first-order valence-corrected chi connectivity index (χ1v) is 5.53. The maximum absolute atomic E-state index is 11.6. The molecule has 0 aliphatic heterocycles. The molecule has 0 spiro atoms. The van der Waals surface area contributed by atoms with Crippen LogP contribution in [0.1, 0.15) is 44.2 Å². The van der Waals surface area contributed by atoms with Crippen molar-refractivity contribution in [2.45, 2.75) is 38.6 Å². The summed E-state index contributed by atoms with van der Waals surface area (Å²) in [4.78, 5) is 11.6. The van der Waals surface area contributed by atoms with Gasteiger partial charge in [0.1, 0.15) is 0 Å². The first kappa shape index (κ1) is 10.2. The molecule has 1 amide bonds. The molecule has 0 radical (unpaired) electrons. The lowest BCUT2D eigenvalue weighted by Gasteiger charge is -2.25. The second-order valence-electron chi connectivity index (χ2n) is 4.32. The van der Waals surface area contributed by atoms with Gasteiger partial charge in [0.05, 0.1) is 12.2 Å². The van der Waals surface area contributed by atoms with Crippen LogP contribution >= 0.6 is 0 Å². The van der Waals surface area contributed by atoms with E-state index in [4.69, 9.17) is 0 Å². The van der Waals surface area contributed by atoms with Crippen molar-refractivity contribution in [3.05, 3.63) is 18.0 Å². The molecule has 1 aliphatic carbocycles. The van der Waals surface area contributed by atoms with Crippen molar-refractivity contribution < 1.29 is 4.79 Å². The maximum Gasteiger partial charge on any atom is 0.220 e. The highest BCUT2D eigenvalue weighted by Gasteiger charge is 2.21. The van der Waals surface area contributed by atoms with Crippen LogP contribution in [0.2, 0.25) is 0 Å². The average molecular weight is 207 g/mol. The molecule has 1 aromatic rings. The number of carbonyl (C=O) groups is 1. The van der Waals surface area contributed by atoms with Gasteiger partial charge in [0.15, 0.2) is 0 Å². The molecule has 1 unspecified atom stereocenters. The summed E-state index contributed by atoms with van der Waals surface area (Å²) in [6.07, 6.45) is 7.96. The molecular formula is C11H17N3O. The molecule has 0 bridgehead atoms. The Morgan fingerprint density at radius 2 is 2.53 bits per heavy atom. The standard InChI is InChI=1S/C11H17N3O/c1-8(10-6-12-13-7-10)14-11(15)5-9-3-2-4-9/h6-9H,2-5H2,1H3,(H,12,13)(H,14,15). The number of rotatable bonds is 4. The largest absolute Gasteiger partial charge is 0.349 e. The van der Waals surface area contributed by atoms with Crippen molar-refractivity contribution in [1.29, 1.82) is 0 Å². The van der Waals surface area contributed by atoms with Crippen LogP contribution in [-0.4, -0.2) is 16.1 Å². The lowest BCUT2D eigenvalue weighted by atomic mass is 9.83. The van der Waals surface area contributed by atoms with Crippen LogP contribution in [0.15, 0.2) is 12.4 Å². The number of nitrogens with zero attached hydrogens (tertiary/aromatic N) is 1. The summed E-state index contributed by atoms with van der Waals surface area (Å²) in [6.45, 7) is 1.98. The molecule has 1 aromatic heterocycles. The lowest BCUT2D eigenvalue weighted by molar-refractivity contribution is -0.123. The van der Waals surface area contributed by atoms with Crippen LogP contribution in [0.25, 0.3) is 0 Å². The van der Waals surface area contributed by atoms with E-state index >= 15 is 0 Å². The molecule has 4 nitrogen and oxygen atoms in total. The molecule has 2 N–H and O–H groups in total. The maximum atomic E-state index is 11.6. The Bertz CT molecular complexity index is 317. The van der Waals surface area contributed by atoms with Gasteiger partial charge in [-0.2, -0.15) is 5.10 Å². The molecule has 1 atom stereocenters. The van der Waals surface area contributed by atoms with E-state index in [0.29, 0.717) is 12.3 Å². The fourth-order valence-corrected chi connectivity index (χ4v) is 1.84. The van der Waals surface area contributed by atoms with E-state index in [2.05, 4.69) is 15.5 Å². The van der Waals surface area contributed by atoms with E-state index in [1.807, 2.05) is 13.1 Å². The minimum Gasteiger partial charge on any atom is -0.349 e. The van der Waals surface area contributed by atoms with E-state index < -0.39 is 0 Å². The minimum absolute atomic E-state index is 0.0522. The first-order chi connectivity index (χ1) is 7.25. The zero-order valence-corrected chi connectivity index (χ0v) is 8.99. The Labute approximate surface area is 89.5 Å². The van der Waals surface area contributed by atoms with E-state index in [0.717, 1.165) is 5.56 Å². The molecule has 2 rings (SSSR count). The molecular weight excluding hydrogens is 190 g/mol. The van der Waals surface area contributed by atoms with Crippen molar-refractivity contribution in [2.75, 3.05) is 0 Å². The number of nitrogens with one attached hydrogen (secondary N) is 2. The normalized spacial score (nSPS) is 18.2. The van der Waals surface area contributed by atoms with Crippen molar-refractivity contribution in [3.8, 4) is 0 Å². The van der Waals surface area contributed by atoms with Crippen LogP contribution in [0.4, 0.5) is 0 Å². The number of carbonyl (C=O) groups excluding carboxylic acids is 1. The van der Waals surface area contributed by atoms with Crippen molar-refractivity contribution >= 4 is 5.91 Å².